The van der Waals surface area contributed by atoms with Gasteiger partial charge in [0.2, 0.25) is 5.91 Å². The molecule has 0 aromatic heterocycles. The largest absolute Gasteiger partial charge is 0.326 e. The minimum atomic E-state index is 0.0403. The fraction of sp³-hybridized carbons (Fsp3) is 0.562. The minimum Gasteiger partial charge on any atom is -0.326 e. The van der Waals surface area contributed by atoms with E-state index in [4.69, 9.17) is 0 Å². The van der Waals surface area contributed by atoms with Crippen LogP contribution in [0.2, 0.25) is 0 Å². The van der Waals surface area contributed by atoms with Gasteiger partial charge in [0.1, 0.15) is 0 Å². The third kappa shape index (κ3) is 2.45. The van der Waals surface area contributed by atoms with E-state index in [9.17, 15) is 4.79 Å². The lowest BCUT2D eigenvalue weighted by molar-refractivity contribution is -0.116. The summed E-state index contributed by atoms with van der Waals surface area (Å²) in [6, 6.07) is 6.49. The molecule has 1 saturated heterocycles. The zero-order valence-electron chi connectivity index (χ0n) is 12.3. The number of piperazine rings is 1. The Kier molecular flexibility index (Phi) is 3.52. The number of benzene rings is 1. The van der Waals surface area contributed by atoms with Crippen LogP contribution < -0.4 is 10.6 Å². The standard InChI is InChI=1S/C16H23N3O/c1-16(2,19-9-7-17-8-10-19)13-4-5-14-12(11-13)3-6-15(20)18-14/h4-5,11,17H,3,6-10H2,1-2H3,(H,18,20). The topological polar surface area (TPSA) is 44.4 Å². The molecule has 0 radical (unpaired) electrons. The molecule has 0 saturated carbocycles. The maximum absolute atomic E-state index is 11.4. The van der Waals surface area contributed by atoms with Gasteiger partial charge in [-0.05, 0) is 37.5 Å². The molecule has 0 aliphatic carbocycles. The van der Waals surface area contributed by atoms with Gasteiger partial charge in [-0.1, -0.05) is 12.1 Å². The molecule has 0 atom stereocenters. The molecule has 0 unspecified atom stereocenters. The van der Waals surface area contributed by atoms with Crippen molar-refractivity contribution in [3.8, 4) is 0 Å². The summed E-state index contributed by atoms with van der Waals surface area (Å²) < 4.78 is 0. The molecule has 4 nitrogen and oxygen atoms in total. The highest BCUT2D eigenvalue weighted by Crippen LogP contribution is 2.32. The normalized spacial score (nSPS) is 20.4. The lowest BCUT2D eigenvalue weighted by Gasteiger charge is -2.42. The summed E-state index contributed by atoms with van der Waals surface area (Å²) in [5.74, 6) is 0.131. The number of anilines is 1. The number of carbonyl (C=O) groups is 1. The monoisotopic (exact) mass is 273 g/mol. The van der Waals surface area contributed by atoms with Crippen molar-refractivity contribution in [1.82, 2.24) is 10.2 Å². The summed E-state index contributed by atoms with van der Waals surface area (Å²) in [7, 11) is 0. The zero-order chi connectivity index (χ0) is 14.2. The van der Waals surface area contributed by atoms with E-state index in [-0.39, 0.29) is 11.4 Å². The summed E-state index contributed by atoms with van der Waals surface area (Å²) in [6.07, 6.45) is 1.46. The first-order valence-electron chi connectivity index (χ1n) is 7.46. The summed E-state index contributed by atoms with van der Waals surface area (Å²) in [5, 5.41) is 6.36. The maximum Gasteiger partial charge on any atom is 0.224 e. The van der Waals surface area contributed by atoms with E-state index in [1.165, 1.54) is 11.1 Å². The quantitative estimate of drug-likeness (QED) is 0.862. The number of carbonyl (C=O) groups excluding carboxylic acids is 1. The molecule has 1 aromatic carbocycles. The first-order valence-corrected chi connectivity index (χ1v) is 7.46. The van der Waals surface area contributed by atoms with Gasteiger partial charge >= 0.3 is 0 Å². The van der Waals surface area contributed by atoms with Crippen LogP contribution in [0.1, 0.15) is 31.4 Å². The first kappa shape index (κ1) is 13.6. The average molecular weight is 273 g/mol. The van der Waals surface area contributed by atoms with E-state index < -0.39 is 0 Å². The van der Waals surface area contributed by atoms with E-state index in [0.717, 1.165) is 38.3 Å². The van der Waals surface area contributed by atoms with Crippen LogP contribution in [0, 0.1) is 0 Å². The zero-order valence-corrected chi connectivity index (χ0v) is 12.3. The first-order chi connectivity index (χ1) is 9.57. The lowest BCUT2D eigenvalue weighted by atomic mass is 9.88. The lowest BCUT2D eigenvalue weighted by Crippen LogP contribution is -2.51. The summed E-state index contributed by atoms with van der Waals surface area (Å²) in [5.41, 5.74) is 3.64. The molecule has 0 bridgehead atoms. The van der Waals surface area contributed by atoms with Crippen LogP contribution in [-0.2, 0) is 16.8 Å². The number of rotatable bonds is 2. The molecule has 1 amide bonds. The van der Waals surface area contributed by atoms with Gasteiger partial charge in [0.15, 0.2) is 0 Å². The van der Waals surface area contributed by atoms with Gasteiger partial charge in [-0.2, -0.15) is 0 Å². The molecule has 2 aliphatic rings. The number of hydrogen-bond acceptors (Lipinski definition) is 3. The summed E-state index contributed by atoms with van der Waals surface area (Å²) in [6.45, 7) is 8.87. The van der Waals surface area contributed by atoms with Crippen molar-refractivity contribution in [1.29, 1.82) is 0 Å². The smallest absolute Gasteiger partial charge is 0.224 e. The van der Waals surface area contributed by atoms with Gasteiger partial charge < -0.3 is 10.6 Å². The summed E-state index contributed by atoms with van der Waals surface area (Å²) in [4.78, 5) is 14.0. The molecule has 2 N–H and O–H groups in total. The fourth-order valence-electron chi connectivity index (χ4n) is 3.17. The Labute approximate surface area is 120 Å². The van der Waals surface area contributed by atoms with Crippen LogP contribution in [-0.4, -0.2) is 37.0 Å². The Bertz CT molecular complexity index is 518. The molecular weight excluding hydrogens is 250 g/mol. The third-order valence-corrected chi connectivity index (χ3v) is 4.61. The van der Waals surface area contributed by atoms with Crippen LogP contribution in [0.15, 0.2) is 18.2 Å². The molecule has 1 aromatic rings. The van der Waals surface area contributed by atoms with Crippen LogP contribution >= 0.6 is 0 Å². The molecule has 3 rings (SSSR count). The molecular formula is C16H23N3O. The van der Waals surface area contributed by atoms with E-state index >= 15 is 0 Å². The second kappa shape index (κ2) is 5.19. The molecule has 2 heterocycles. The van der Waals surface area contributed by atoms with Crippen LogP contribution in [0.25, 0.3) is 0 Å². The number of amides is 1. The van der Waals surface area contributed by atoms with Crippen LogP contribution in [0.4, 0.5) is 5.69 Å². The Morgan fingerprint density at radius 3 is 2.65 bits per heavy atom. The second-order valence-electron chi connectivity index (χ2n) is 6.22. The number of hydrogen-bond donors (Lipinski definition) is 2. The second-order valence-corrected chi connectivity index (χ2v) is 6.22. The Morgan fingerprint density at radius 2 is 1.90 bits per heavy atom. The summed E-state index contributed by atoms with van der Waals surface area (Å²) >= 11 is 0. The average Bonchev–Trinajstić information content (AvgIpc) is 2.47. The van der Waals surface area contributed by atoms with Crippen molar-refractivity contribution >= 4 is 11.6 Å². The van der Waals surface area contributed by atoms with Crippen molar-refractivity contribution in [3.63, 3.8) is 0 Å². The van der Waals surface area contributed by atoms with Gasteiger partial charge in [-0.3, -0.25) is 9.69 Å². The predicted molar refractivity (Wildman–Crippen MR) is 80.9 cm³/mol. The maximum atomic E-state index is 11.4. The molecule has 1 fully saturated rings. The highest BCUT2D eigenvalue weighted by molar-refractivity contribution is 5.93. The van der Waals surface area contributed by atoms with Gasteiger partial charge in [0.25, 0.3) is 0 Å². The SMILES string of the molecule is CC(C)(c1ccc2c(c1)CCC(=O)N2)N1CCNCC1. The molecule has 2 aliphatic heterocycles. The number of nitrogens with one attached hydrogen (secondary N) is 2. The molecule has 4 heteroatoms. The van der Waals surface area contributed by atoms with Crippen molar-refractivity contribution in [3.05, 3.63) is 29.3 Å². The van der Waals surface area contributed by atoms with Crippen molar-refractivity contribution in [2.24, 2.45) is 0 Å². The van der Waals surface area contributed by atoms with Gasteiger partial charge in [0.05, 0.1) is 0 Å². The van der Waals surface area contributed by atoms with Crippen molar-refractivity contribution < 1.29 is 4.79 Å². The third-order valence-electron chi connectivity index (χ3n) is 4.61. The Morgan fingerprint density at radius 1 is 1.15 bits per heavy atom. The van der Waals surface area contributed by atoms with Crippen LogP contribution in [0.3, 0.4) is 0 Å². The number of aryl methyl sites for hydroxylation is 1. The van der Waals surface area contributed by atoms with Crippen molar-refractivity contribution in [2.45, 2.75) is 32.2 Å². The van der Waals surface area contributed by atoms with E-state index in [2.05, 4.69) is 47.6 Å². The highest BCUT2D eigenvalue weighted by atomic mass is 16.1. The minimum absolute atomic E-state index is 0.0403. The predicted octanol–water partition coefficient (Wildman–Crippen LogP) is 1.71. The van der Waals surface area contributed by atoms with Crippen LogP contribution in [0.5, 0.6) is 0 Å². The molecule has 20 heavy (non-hydrogen) atoms. The van der Waals surface area contributed by atoms with Crippen molar-refractivity contribution in [2.75, 3.05) is 31.5 Å². The molecule has 0 spiro atoms. The molecule has 108 valence electrons. The Balaban J connectivity index is 1.87. The highest BCUT2D eigenvalue weighted by Gasteiger charge is 2.30. The van der Waals surface area contributed by atoms with E-state index in [0.29, 0.717) is 6.42 Å². The van der Waals surface area contributed by atoms with E-state index in [1.807, 2.05) is 0 Å². The number of nitrogens with zero attached hydrogens (tertiary/aromatic N) is 1. The Hall–Kier alpha value is -1.39. The van der Waals surface area contributed by atoms with Gasteiger partial charge in [-0.15, -0.1) is 0 Å². The van der Waals surface area contributed by atoms with E-state index in [1.54, 1.807) is 0 Å². The van der Waals surface area contributed by atoms with Gasteiger partial charge in [0, 0.05) is 43.8 Å². The van der Waals surface area contributed by atoms with Gasteiger partial charge in [-0.25, -0.2) is 0 Å². The number of fused-ring (bicyclic) bond motifs is 1. The fourth-order valence-corrected chi connectivity index (χ4v) is 3.17.